The molecule has 0 aromatic heterocycles. The highest BCUT2D eigenvalue weighted by Gasteiger charge is 2.29. The standard InChI is InChI=1S/C22H19N3O2/c26-21(17-7-8-17)24-20-11-9-18(10-12-20)22(27)25-23-14-15-5-6-16-3-1-2-4-19(16)13-15/h1-6,9-14,17H,7-8H2,(H,24,26)(H,25,27). The van der Waals surface area contributed by atoms with Gasteiger partial charge in [-0.3, -0.25) is 9.59 Å². The third-order valence-electron chi connectivity index (χ3n) is 4.52. The zero-order valence-corrected chi connectivity index (χ0v) is 14.7. The summed E-state index contributed by atoms with van der Waals surface area (Å²) in [6.45, 7) is 0. The van der Waals surface area contributed by atoms with E-state index in [0.29, 0.717) is 11.3 Å². The lowest BCUT2D eigenvalue weighted by Crippen LogP contribution is -2.18. The predicted molar refractivity (Wildman–Crippen MR) is 107 cm³/mol. The van der Waals surface area contributed by atoms with E-state index in [2.05, 4.69) is 21.9 Å². The van der Waals surface area contributed by atoms with Crippen molar-refractivity contribution in [3.8, 4) is 0 Å². The molecule has 0 saturated heterocycles. The van der Waals surface area contributed by atoms with Gasteiger partial charge in [-0.05, 0) is 59.5 Å². The Hall–Kier alpha value is -3.47. The van der Waals surface area contributed by atoms with Crippen LogP contribution in [0.3, 0.4) is 0 Å². The zero-order valence-electron chi connectivity index (χ0n) is 14.7. The lowest BCUT2D eigenvalue weighted by atomic mass is 10.1. The van der Waals surface area contributed by atoms with Gasteiger partial charge >= 0.3 is 0 Å². The Labute approximate surface area is 157 Å². The monoisotopic (exact) mass is 357 g/mol. The topological polar surface area (TPSA) is 70.6 Å². The van der Waals surface area contributed by atoms with Crippen molar-refractivity contribution >= 4 is 34.5 Å². The Balaban J connectivity index is 1.36. The Morgan fingerprint density at radius 3 is 2.41 bits per heavy atom. The number of nitrogens with one attached hydrogen (secondary N) is 2. The van der Waals surface area contributed by atoms with Crippen LogP contribution in [0.25, 0.3) is 10.8 Å². The van der Waals surface area contributed by atoms with Crippen LogP contribution in [0.2, 0.25) is 0 Å². The number of anilines is 1. The molecule has 1 saturated carbocycles. The summed E-state index contributed by atoms with van der Waals surface area (Å²) in [7, 11) is 0. The SMILES string of the molecule is O=C(NN=Cc1ccc2ccccc2c1)c1ccc(NC(=O)C2CC2)cc1. The molecule has 3 aromatic carbocycles. The van der Waals surface area contributed by atoms with E-state index in [0.717, 1.165) is 29.2 Å². The van der Waals surface area contributed by atoms with Gasteiger partial charge in [0.2, 0.25) is 5.91 Å². The second-order valence-electron chi connectivity index (χ2n) is 6.65. The maximum Gasteiger partial charge on any atom is 0.271 e. The molecule has 1 fully saturated rings. The van der Waals surface area contributed by atoms with Crippen molar-refractivity contribution < 1.29 is 9.59 Å². The molecule has 134 valence electrons. The summed E-state index contributed by atoms with van der Waals surface area (Å²) >= 11 is 0. The van der Waals surface area contributed by atoms with Gasteiger partial charge in [-0.25, -0.2) is 5.43 Å². The molecule has 2 N–H and O–H groups in total. The van der Waals surface area contributed by atoms with Crippen LogP contribution >= 0.6 is 0 Å². The molecular formula is C22H19N3O2. The lowest BCUT2D eigenvalue weighted by molar-refractivity contribution is -0.117. The van der Waals surface area contributed by atoms with Gasteiger partial charge < -0.3 is 5.32 Å². The Kier molecular flexibility index (Phi) is 4.66. The normalized spacial score (nSPS) is 13.6. The number of hydrogen-bond acceptors (Lipinski definition) is 3. The van der Waals surface area contributed by atoms with Crippen LogP contribution in [0.4, 0.5) is 5.69 Å². The minimum Gasteiger partial charge on any atom is -0.326 e. The molecule has 0 bridgehead atoms. The number of rotatable bonds is 5. The maximum atomic E-state index is 12.2. The van der Waals surface area contributed by atoms with Gasteiger partial charge in [0.05, 0.1) is 6.21 Å². The summed E-state index contributed by atoms with van der Waals surface area (Å²) in [5.41, 5.74) is 4.62. The molecule has 3 aromatic rings. The lowest BCUT2D eigenvalue weighted by Gasteiger charge is -2.05. The van der Waals surface area contributed by atoms with Crippen LogP contribution in [-0.4, -0.2) is 18.0 Å². The van der Waals surface area contributed by atoms with Crippen LogP contribution in [0.15, 0.2) is 71.8 Å². The van der Waals surface area contributed by atoms with Crippen molar-refractivity contribution in [2.45, 2.75) is 12.8 Å². The van der Waals surface area contributed by atoms with E-state index in [4.69, 9.17) is 0 Å². The van der Waals surface area contributed by atoms with Crippen LogP contribution in [0.1, 0.15) is 28.8 Å². The maximum absolute atomic E-state index is 12.2. The molecule has 0 heterocycles. The molecule has 0 spiro atoms. The van der Waals surface area contributed by atoms with Gasteiger partial charge in [0.1, 0.15) is 0 Å². The van der Waals surface area contributed by atoms with Crippen molar-refractivity contribution in [3.63, 3.8) is 0 Å². The molecule has 2 amide bonds. The van der Waals surface area contributed by atoms with E-state index < -0.39 is 0 Å². The highest BCUT2D eigenvalue weighted by Crippen LogP contribution is 2.30. The van der Waals surface area contributed by atoms with E-state index in [9.17, 15) is 9.59 Å². The molecule has 27 heavy (non-hydrogen) atoms. The fourth-order valence-corrected chi connectivity index (χ4v) is 2.81. The van der Waals surface area contributed by atoms with Crippen molar-refractivity contribution in [2.24, 2.45) is 11.0 Å². The zero-order chi connectivity index (χ0) is 18.6. The number of nitrogens with zero attached hydrogens (tertiary/aromatic N) is 1. The number of carbonyl (C=O) groups is 2. The molecule has 0 aliphatic heterocycles. The van der Waals surface area contributed by atoms with Gasteiger partial charge in [-0.15, -0.1) is 0 Å². The minimum atomic E-state index is -0.299. The number of benzene rings is 3. The Morgan fingerprint density at radius 1 is 0.926 bits per heavy atom. The number of hydrogen-bond donors (Lipinski definition) is 2. The summed E-state index contributed by atoms with van der Waals surface area (Å²) in [6, 6.07) is 20.9. The molecular weight excluding hydrogens is 338 g/mol. The quantitative estimate of drug-likeness (QED) is 0.536. The van der Waals surface area contributed by atoms with Gasteiger partial charge in [-0.1, -0.05) is 36.4 Å². The highest BCUT2D eigenvalue weighted by molar-refractivity contribution is 5.97. The second-order valence-corrected chi connectivity index (χ2v) is 6.65. The van der Waals surface area contributed by atoms with Gasteiger partial charge in [0, 0.05) is 17.2 Å². The van der Waals surface area contributed by atoms with Gasteiger partial charge in [-0.2, -0.15) is 5.10 Å². The molecule has 0 unspecified atom stereocenters. The van der Waals surface area contributed by atoms with Crippen molar-refractivity contribution in [1.29, 1.82) is 0 Å². The first-order valence-electron chi connectivity index (χ1n) is 8.92. The average Bonchev–Trinajstić information content (AvgIpc) is 3.54. The summed E-state index contributed by atoms with van der Waals surface area (Å²) in [6.07, 6.45) is 3.54. The van der Waals surface area contributed by atoms with Crippen LogP contribution in [0, 0.1) is 5.92 Å². The van der Waals surface area contributed by atoms with E-state index in [-0.39, 0.29) is 17.7 Å². The molecule has 5 nitrogen and oxygen atoms in total. The number of amides is 2. The van der Waals surface area contributed by atoms with Crippen molar-refractivity contribution in [1.82, 2.24) is 5.43 Å². The first kappa shape index (κ1) is 17.0. The van der Waals surface area contributed by atoms with Crippen LogP contribution in [0.5, 0.6) is 0 Å². The smallest absolute Gasteiger partial charge is 0.271 e. The molecule has 1 aliphatic carbocycles. The second kappa shape index (κ2) is 7.41. The van der Waals surface area contributed by atoms with Crippen molar-refractivity contribution in [2.75, 3.05) is 5.32 Å². The molecule has 4 rings (SSSR count). The van der Waals surface area contributed by atoms with E-state index in [1.54, 1.807) is 30.5 Å². The van der Waals surface area contributed by atoms with Crippen LogP contribution in [-0.2, 0) is 4.79 Å². The average molecular weight is 357 g/mol. The predicted octanol–water partition coefficient (Wildman–Crippen LogP) is 3.95. The summed E-state index contributed by atoms with van der Waals surface area (Å²) in [4.78, 5) is 23.9. The molecule has 5 heteroatoms. The molecule has 0 radical (unpaired) electrons. The fourth-order valence-electron chi connectivity index (χ4n) is 2.81. The first-order chi connectivity index (χ1) is 13.2. The van der Waals surface area contributed by atoms with E-state index in [1.807, 2.05) is 36.4 Å². The van der Waals surface area contributed by atoms with Gasteiger partial charge in [0.25, 0.3) is 5.91 Å². The van der Waals surface area contributed by atoms with Gasteiger partial charge in [0.15, 0.2) is 0 Å². The number of carbonyl (C=O) groups excluding carboxylic acids is 2. The number of fused-ring (bicyclic) bond motifs is 1. The molecule has 1 aliphatic rings. The Bertz CT molecular complexity index is 1020. The fraction of sp³-hybridized carbons (Fsp3) is 0.136. The largest absolute Gasteiger partial charge is 0.326 e. The van der Waals surface area contributed by atoms with Crippen LogP contribution < -0.4 is 10.7 Å². The number of hydrazone groups is 1. The minimum absolute atomic E-state index is 0.0483. The third-order valence-corrected chi connectivity index (χ3v) is 4.52. The summed E-state index contributed by atoms with van der Waals surface area (Å²) < 4.78 is 0. The summed E-state index contributed by atoms with van der Waals surface area (Å²) in [5, 5.41) is 9.16. The van der Waals surface area contributed by atoms with E-state index >= 15 is 0 Å². The summed E-state index contributed by atoms with van der Waals surface area (Å²) in [5.74, 6) is -0.100. The van der Waals surface area contributed by atoms with Crippen molar-refractivity contribution in [3.05, 3.63) is 77.9 Å². The first-order valence-corrected chi connectivity index (χ1v) is 8.92. The third kappa shape index (κ3) is 4.20. The van der Waals surface area contributed by atoms with E-state index in [1.165, 1.54) is 0 Å². The molecule has 0 atom stereocenters. The Morgan fingerprint density at radius 2 is 1.67 bits per heavy atom. The highest BCUT2D eigenvalue weighted by atomic mass is 16.2.